The van der Waals surface area contributed by atoms with E-state index in [2.05, 4.69) is 0 Å². The summed E-state index contributed by atoms with van der Waals surface area (Å²) in [6, 6.07) is 5.31. The van der Waals surface area contributed by atoms with E-state index in [0.29, 0.717) is 13.1 Å². The van der Waals surface area contributed by atoms with Crippen molar-refractivity contribution in [2.24, 2.45) is 5.73 Å². The van der Waals surface area contributed by atoms with Gasteiger partial charge in [-0.3, -0.25) is 4.79 Å². The van der Waals surface area contributed by atoms with Crippen LogP contribution in [0.4, 0.5) is 0 Å². The average molecular weight is 243 g/mol. The fourth-order valence-corrected chi connectivity index (χ4v) is 1.89. The number of carbonyl (C=O) groups is 1. The van der Waals surface area contributed by atoms with Crippen LogP contribution in [0.3, 0.4) is 0 Å². The first-order chi connectivity index (χ1) is 7.20. The number of rotatable bonds is 1. The number of carbonyl (C=O) groups excluding carboxylic acids is 1. The fraction of sp³-hybridized carbons (Fsp3) is 0.364. The first kappa shape index (κ1) is 12.8. The summed E-state index contributed by atoms with van der Waals surface area (Å²) in [5.41, 5.74) is 7.53. The van der Waals surface area contributed by atoms with Crippen molar-refractivity contribution in [2.75, 3.05) is 13.1 Å². The number of amides is 1. The molecule has 4 nitrogen and oxygen atoms in total. The molecule has 1 heterocycles. The van der Waals surface area contributed by atoms with Crippen LogP contribution < -0.4 is 5.73 Å². The number of nitrogens with two attached hydrogens (primary N) is 1. The minimum Gasteiger partial charge on any atom is -0.508 e. The van der Waals surface area contributed by atoms with E-state index in [9.17, 15) is 9.90 Å². The summed E-state index contributed by atoms with van der Waals surface area (Å²) in [7, 11) is 0. The van der Waals surface area contributed by atoms with Gasteiger partial charge in [0, 0.05) is 13.1 Å². The lowest BCUT2D eigenvalue weighted by Crippen LogP contribution is -2.39. The third kappa shape index (κ3) is 2.46. The Hall–Kier alpha value is -1.26. The van der Waals surface area contributed by atoms with E-state index in [4.69, 9.17) is 5.73 Å². The molecule has 0 saturated heterocycles. The predicted octanol–water partition coefficient (Wildman–Crippen LogP) is 0.657. The van der Waals surface area contributed by atoms with Crippen LogP contribution in [-0.4, -0.2) is 29.0 Å². The van der Waals surface area contributed by atoms with E-state index in [1.807, 2.05) is 6.07 Å². The molecular formula is C11H15ClN2O2. The Kier molecular flexibility index (Phi) is 4.15. The molecule has 5 heteroatoms. The Morgan fingerprint density at radius 3 is 2.88 bits per heavy atom. The number of phenolic OH excluding ortho intramolecular Hbond substituents is 1. The van der Waals surface area contributed by atoms with Crippen LogP contribution in [0.25, 0.3) is 0 Å². The molecule has 0 spiro atoms. The minimum atomic E-state index is -0.0380. The largest absolute Gasteiger partial charge is 0.508 e. The smallest absolute Gasteiger partial charge is 0.236 e. The number of nitrogens with zero attached hydrogens (tertiary/aromatic N) is 1. The molecule has 0 bridgehead atoms. The van der Waals surface area contributed by atoms with Gasteiger partial charge in [0.25, 0.3) is 0 Å². The topological polar surface area (TPSA) is 66.6 Å². The molecule has 2 rings (SSSR count). The highest BCUT2D eigenvalue weighted by atomic mass is 35.5. The number of aromatic hydroxyl groups is 1. The van der Waals surface area contributed by atoms with E-state index in [1.165, 1.54) is 5.56 Å². The minimum absolute atomic E-state index is 0. The molecule has 0 atom stereocenters. The van der Waals surface area contributed by atoms with Crippen molar-refractivity contribution < 1.29 is 9.90 Å². The molecule has 0 aliphatic carbocycles. The lowest BCUT2D eigenvalue weighted by atomic mass is 9.99. The van der Waals surface area contributed by atoms with Crippen LogP contribution in [0.15, 0.2) is 18.2 Å². The summed E-state index contributed by atoms with van der Waals surface area (Å²) >= 11 is 0. The maximum atomic E-state index is 11.4. The van der Waals surface area contributed by atoms with Crippen LogP contribution in [0.5, 0.6) is 5.75 Å². The zero-order valence-corrected chi connectivity index (χ0v) is 9.67. The van der Waals surface area contributed by atoms with Crippen LogP contribution in [-0.2, 0) is 17.8 Å². The van der Waals surface area contributed by atoms with Gasteiger partial charge in [-0.15, -0.1) is 12.4 Å². The normalized spacial score (nSPS) is 13.9. The third-order valence-electron chi connectivity index (χ3n) is 2.73. The van der Waals surface area contributed by atoms with Crippen molar-refractivity contribution in [3.8, 4) is 5.75 Å². The molecule has 1 aliphatic rings. The third-order valence-corrected chi connectivity index (χ3v) is 2.73. The van der Waals surface area contributed by atoms with Crippen molar-refractivity contribution in [3.05, 3.63) is 29.3 Å². The van der Waals surface area contributed by atoms with Gasteiger partial charge in [-0.25, -0.2) is 0 Å². The molecule has 3 N–H and O–H groups in total. The van der Waals surface area contributed by atoms with Gasteiger partial charge in [0.05, 0.1) is 6.54 Å². The summed E-state index contributed by atoms with van der Waals surface area (Å²) in [4.78, 5) is 13.1. The molecule has 0 radical (unpaired) electrons. The molecule has 1 amide bonds. The number of fused-ring (bicyclic) bond motifs is 1. The van der Waals surface area contributed by atoms with Gasteiger partial charge in [0.2, 0.25) is 5.91 Å². The van der Waals surface area contributed by atoms with Crippen molar-refractivity contribution in [1.82, 2.24) is 4.90 Å². The zero-order valence-electron chi connectivity index (χ0n) is 8.85. The Morgan fingerprint density at radius 1 is 1.44 bits per heavy atom. The maximum absolute atomic E-state index is 11.4. The molecular weight excluding hydrogens is 228 g/mol. The molecule has 16 heavy (non-hydrogen) atoms. The molecule has 1 aliphatic heterocycles. The second-order valence-corrected chi connectivity index (χ2v) is 3.72. The van der Waals surface area contributed by atoms with E-state index in [1.54, 1.807) is 17.0 Å². The van der Waals surface area contributed by atoms with E-state index < -0.39 is 0 Å². The molecule has 1 aromatic rings. The Labute approximate surface area is 100 Å². The predicted molar refractivity (Wildman–Crippen MR) is 63.5 cm³/mol. The standard InChI is InChI=1S/C11H14N2O2.ClH/c12-6-11(15)13-4-3-8-1-2-10(14)5-9(8)7-13;/h1-2,5,14H,3-4,6-7,12H2;1H. The summed E-state index contributed by atoms with van der Waals surface area (Å²) in [5, 5.41) is 9.34. The number of hydrogen-bond donors (Lipinski definition) is 2. The van der Waals surface area contributed by atoms with E-state index in [-0.39, 0.29) is 30.6 Å². The Balaban J connectivity index is 0.00000128. The van der Waals surface area contributed by atoms with E-state index >= 15 is 0 Å². The van der Waals surface area contributed by atoms with Gasteiger partial charge < -0.3 is 15.7 Å². The van der Waals surface area contributed by atoms with E-state index in [0.717, 1.165) is 12.0 Å². The van der Waals surface area contributed by atoms with Crippen molar-refractivity contribution in [3.63, 3.8) is 0 Å². The summed E-state index contributed by atoms with van der Waals surface area (Å²) in [6.45, 7) is 1.32. The van der Waals surface area contributed by atoms with Crippen LogP contribution in [0, 0.1) is 0 Å². The quantitative estimate of drug-likeness (QED) is 0.760. The molecule has 0 fully saturated rings. The highest BCUT2D eigenvalue weighted by Crippen LogP contribution is 2.22. The highest BCUT2D eigenvalue weighted by Gasteiger charge is 2.19. The zero-order chi connectivity index (χ0) is 10.8. The second-order valence-electron chi connectivity index (χ2n) is 3.72. The average Bonchev–Trinajstić information content (AvgIpc) is 2.27. The molecule has 0 saturated carbocycles. The van der Waals surface area contributed by atoms with Gasteiger partial charge in [-0.2, -0.15) is 0 Å². The SMILES string of the molecule is Cl.NCC(=O)N1CCc2ccc(O)cc2C1. The maximum Gasteiger partial charge on any atom is 0.236 e. The monoisotopic (exact) mass is 242 g/mol. The number of halogens is 1. The number of phenols is 1. The molecule has 1 aromatic carbocycles. The highest BCUT2D eigenvalue weighted by molar-refractivity contribution is 5.85. The fourth-order valence-electron chi connectivity index (χ4n) is 1.89. The second kappa shape index (κ2) is 5.18. The van der Waals surface area contributed by atoms with Gasteiger partial charge in [0.15, 0.2) is 0 Å². The molecule has 0 aromatic heterocycles. The summed E-state index contributed by atoms with van der Waals surface area (Å²) < 4.78 is 0. The van der Waals surface area contributed by atoms with Gasteiger partial charge >= 0.3 is 0 Å². The van der Waals surface area contributed by atoms with Gasteiger partial charge in [-0.1, -0.05) is 6.07 Å². The first-order valence-corrected chi connectivity index (χ1v) is 4.99. The lowest BCUT2D eigenvalue weighted by molar-refractivity contribution is -0.130. The van der Waals surface area contributed by atoms with Crippen LogP contribution in [0.2, 0.25) is 0 Å². The number of hydrogen-bond acceptors (Lipinski definition) is 3. The summed E-state index contributed by atoms with van der Waals surface area (Å²) in [6.07, 6.45) is 0.835. The molecule has 88 valence electrons. The Bertz CT molecular complexity index is 396. The van der Waals surface area contributed by atoms with Crippen molar-refractivity contribution in [2.45, 2.75) is 13.0 Å². The first-order valence-electron chi connectivity index (χ1n) is 4.99. The summed E-state index contributed by atoms with van der Waals surface area (Å²) in [5.74, 6) is 0.208. The van der Waals surface area contributed by atoms with Gasteiger partial charge in [0.1, 0.15) is 5.75 Å². The van der Waals surface area contributed by atoms with Crippen LogP contribution >= 0.6 is 12.4 Å². The number of benzene rings is 1. The van der Waals surface area contributed by atoms with Crippen molar-refractivity contribution >= 4 is 18.3 Å². The van der Waals surface area contributed by atoms with Crippen LogP contribution in [0.1, 0.15) is 11.1 Å². The van der Waals surface area contributed by atoms with Crippen molar-refractivity contribution in [1.29, 1.82) is 0 Å². The molecule has 0 unspecified atom stereocenters. The Morgan fingerprint density at radius 2 is 2.19 bits per heavy atom. The van der Waals surface area contributed by atoms with Gasteiger partial charge in [-0.05, 0) is 29.7 Å². The lowest BCUT2D eigenvalue weighted by Gasteiger charge is -2.28.